The smallest absolute Gasteiger partial charge is 0.273 e. The first-order valence-electron chi connectivity index (χ1n) is 9.12. The molecule has 1 N–H and O–H groups in total. The molecule has 1 amide bonds. The highest BCUT2D eigenvalue weighted by atomic mass is 32.1. The molecule has 0 bridgehead atoms. The predicted molar refractivity (Wildman–Crippen MR) is 98.8 cm³/mol. The third-order valence-corrected chi connectivity index (χ3v) is 6.57. The Morgan fingerprint density at radius 1 is 1.28 bits per heavy atom. The summed E-state index contributed by atoms with van der Waals surface area (Å²) in [6.45, 7) is 1.46. The minimum atomic E-state index is -0.257. The molecule has 0 radical (unpaired) electrons. The van der Waals surface area contributed by atoms with E-state index in [0.717, 1.165) is 50.1 Å². The highest BCUT2D eigenvalue weighted by Crippen LogP contribution is 2.45. The van der Waals surface area contributed by atoms with Gasteiger partial charge in [0.05, 0.1) is 11.1 Å². The summed E-state index contributed by atoms with van der Waals surface area (Å²) < 4.78 is 0. The van der Waals surface area contributed by atoms with Gasteiger partial charge in [-0.25, -0.2) is 4.98 Å². The Hall–Kier alpha value is -1.72. The molecule has 1 aromatic heterocycles. The van der Waals surface area contributed by atoms with E-state index >= 15 is 0 Å². The molecule has 132 valence electrons. The van der Waals surface area contributed by atoms with E-state index in [1.165, 1.54) is 5.56 Å². The van der Waals surface area contributed by atoms with Gasteiger partial charge in [0.25, 0.3) is 5.91 Å². The number of hydrogen-bond acceptors (Lipinski definition) is 4. The van der Waals surface area contributed by atoms with Gasteiger partial charge in [0.2, 0.25) is 0 Å². The van der Waals surface area contributed by atoms with Crippen LogP contribution in [0, 0.1) is 5.41 Å². The molecule has 5 heteroatoms. The Bertz CT molecular complexity index is 745. The number of benzene rings is 1. The number of aromatic nitrogens is 1. The molecule has 0 unspecified atom stereocenters. The van der Waals surface area contributed by atoms with Gasteiger partial charge < -0.3 is 10.0 Å². The third-order valence-electron chi connectivity index (χ3n) is 5.72. The SMILES string of the molecule is O=C(c1csc(Cc2ccccc2)n1)N1CCC[C@@]2(CCC[C@H]2O)C1. The van der Waals surface area contributed by atoms with Crippen LogP contribution in [0.5, 0.6) is 0 Å². The van der Waals surface area contributed by atoms with Gasteiger partial charge in [-0.15, -0.1) is 11.3 Å². The van der Waals surface area contributed by atoms with Gasteiger partial charge in [-0.3, -0.25) is 4.79 Å². The lowest BCUT2D eigenvalue weighted by Gasteiger charge is -2.42. The van der Waals surface area contributed by atoms with Crippen LogP contribution in [-0.4, -0.2) is 40.1 Å². The molecule has 1 saturated heterocycles. The summed E-state index contributed by atoms with van der Waals surface area (Å²) >= 11 is 1.55. The topological polar surface area (TPSA) is 53.4 Å². The summed E-state index contributed by atoms with van der Waals surface area (Å²) in [7, 11) is 0. The van der Waals surface area contributed by atoms with Crippen molar-refractivity contribution in [2.75, 3.05) is 13.1 Å². The second kappa shape index (κ2) is 6.89. The lowest BCUT2D eigenvalue weighted by Crippen LogP contribution is -2.49. The van der Waals surface area contributed by atoms with E-state index < -0.39 is 0 Å². The minimum Gasteiger partial charge on any atom is -0.392 e. The van der Waals surface area contributed by atoms with Crippen molar-refractivity contribution in [3.05, 3.63) is 52.0 Å². The number of aliphatic hydroxyl groups is 1. The first-order valence-corrected chi connectivity index (χ1v) is 10.00. The number of amides is 1. The van der Waals surface area contributed by atoms with Crippen LogP contribution in [0.2, 0.25) is 0 Å². The van der Waals surface area contributed by atoms with E-state index in [1.807, 2.05) is 28.5 Å². The molecule has 25 heavy (non-hydrogen) atoms. The van der Waals surface area contributed by atoms with E-state index in [4.69, 9.17) is 0 Å². The average molecular weight is 356 g/mol. The zero-order valence-corrected chi connectivity index (χ0v) is 15.2. The summed E-state index contributed by atoms with van der Waals surface area (Å²) in [4.78, 5) is 19.4. The summed E-state index contributed by atoms with van der Waals surface area (Å²) in [5, 5.41) is 13.2. The van der Waals surface area contributed by atoms with Crippen LogP contribution in [0.25, 0.3) is 0 Å². The Kier molecular flexibility index (Phi) is 4.61. The number of nitrogens with zero attached hydrogens (tertiary/aromatic N) is 2. The molecule has 1 aliphatic carbocycles. The second-order valence-corrected chi connectivity index (χ2v) is 8.33. The van der Waals surface area contributed by atoms with Crippen molar-refractivity contribution in [1.29, 1.82) is 0 Å². The maximum absolute atomic E-state index is 12.9. The zero-order valence-electron chi connectivity index (χ0n) is 14.4. The van der Waals surface area contributed by atoms with Crippen LogP contribution < -0.4 is 0 Å². The molecular formula is C20H24N2O2S. The number of likely N-dealkylation sites (tertiary alicyclic amines) is 1. The van der Waals surface area contributed by atoms with E-state index in [-0.39, 0.29) is 17.4 Å². The predicted octanol–water partition coefficient (Wildman–Crippen LogP) is 3.50. The maximum atomic E-state index is 12.9. The van der Waals surface area contributed by atoms with Crippen molar-refractivity contribution >= 4 is 17.2 Å². The number of rotatable bonds is 3. The summed E-state index contributed by atoms with van der Waals surface area (Å²) in [5.74, 6) is 0.0220. The largest absolute Gasteiger partial charge is 0.392 e. The number of carbonyl (C=O) groups excluding carboxylic acids is 1. The van der Waals surface area contributed by atoms with Gasteiger partial charge >= 0.3 is 0 Å². The fourth-order valence-electron chi connectivity index (χ4n) is 4.35. The number of piperidine rings is 1. The zero-order chi connectivity index (χ0) is 17.3. The van der Waals surface area contributed by atoms with E-state index in [1.54, 1.807) is 11.3 Å². The van der Waals surface area contributed by atoms with Crippen molar-refractivity contribution in [2.24, 2.45) is 5.41 Å². The molecule has 1 spiro atoms. The van der Waals surface area contributed by atoms with Gasteiger partial charge in [-0.1, -0.05) is 36.8 Å². The lowest BCUT2D eigenvalue weighted by molar-refractivity contribution is -0.00553. The van der Waals surface area contributed by atoms with Crippen molar-refractivity contribution in [1.82, 2.24) is 9.88 Å². The molecule has 1 aliphatic heterocycles. The molecule has 2 aromatic rings. The summed E-state index contributed by atoms with van der Waals surface area (Å²) in [6.07, 6.45) is 5.50. The molecule has 2 fully saturated rings. The van der Waals surface area contributed by atoms with Crippen molar-refractivity contribution in [3.8, 4) is 0 Å². The van der Waals surface area contributed by atoms with Gasteiger partial charge in [0, 0.05) is 30.3 Å². The van der Waals surface area contributed by atoms with Crippen LogP contribution in [0.3, 0.4) is 0 Å². The first-order chi connectivity index (χ1) is 12.2. The van der Waals surface area contributed by atoms with Gasteiger partial charge in [-0.2, -0.15) is 0 Å². The van der Waals surface area contributed by atoms with Crippen LogP contribution >= 0.6 is 11.3 Å². The monoisotopic (exact) mass is 356 g/mol. The molecule has 2 atom stereocenters. The number of carbonyl (C=O) groups is 1. The average Bonchev–Trinajstić information content (AvgIpc) is 3.23. The second-order valence-electron chi connectivity index (χ2n) is 7.39. The van der Waals surface area contributed by atoms with Crippen LogP contribution in [0.1, 0.15) is 53.2 Å². The quantitative estimate of drug-likeness (QED) is 0.916. The molecule has 4 nitrogen and oxygen atoms in total. The highest BCUT2D eigenvalue weighted by Gasteiger charge is 2.45. The van der Waals surface area contributed by atoms with Crippen molar-refractivity contribution in [3.63, 3.8) is 0 Å². The van der Waals surface area contributed by atoms with Gasteiger partial charge in [-0.05, 0) is 31.2 Å². The third kappa shape index (κ3) is 3.35. The Morgan fingerprint density at radius 2 is 2.08 bits per heavy atom. The Morgan fingerprint density at radius 3 is 2.84 bits per heavy atom. The van der Waals surface area contributed by atoms with Gasteiger partial charge in [0.15, 0.2) is 0 Å². The lowest BCUT2D eigenvalue weighted by atomic mass is 9.76. The fourth-order valence-corrected chi connectivity index (χ4v) is 5.15. The molecule has 1 aromatic carbocycles. The molecule has 1 saturated carbocycles. The Labute approximate surface area is 152 Å². The van der Waals surface area contributed by atoms with Crippen molar-refractivity contribution in [2.45, 2.75) is 44.6 Å². The van der Waals surface area contributed by atoms with Crippen LogP contribution in [0.4, 0.5) is 0 Å². The standard InChI is InChI=1S/C20H24N2O2S/c23-17-8-4-9-20(17)10-5-11-22(14-20)19(24)16-13-25-18(21-16)12-15-6-2-1-3-7-15/h1-3,6-7,13,17,23H,4-5,8-12,14H2/t17-,20+/m1/s1. The van der Waals surface area contributed by atoms with Gasteiger partial charge in [0.1, 0.15) is 5.69 Å². The van der Waals surface area contributed by atoms with Crippen molar-refractivity contribution < 1.29 is 9.90 Å². The number of hydrogen-bond donors (Lipinski definition) is 1. The summed E-state index contributed by atoms with van der Waals surface area (Å²) in [5.41, 5.74) is 1.69. The Balaban J connectivity index is 1.46. The molecular weight excluding hydrogens is 332 g/mol. The van der Waals surface area contributed by atoms with E-state index in [2.05, 4.69) is 17.1 Å². The number of thiazole rings is 1. The maximum Gasteiger partial charge on any atom is 0.273 e. The molecule has 2 aliphatic rings. The number of aliphatic hydroxyl groups excluding tert-OH is 1. The van der Waals surface area contributed by atoms with Crippen LogP contribution in [0.15, 0.2) is 35.7 Å². The van der Waals surface area contributed by atoms with E-state index in [9.17, 15) is 9.90 Å². The fraction of sp³-hybridized carbons (Fsp3) is 0.500. The normalized spacial score (nSPS) is 26.3. The highest BCUT2D eigenvalue weighted by molar-refractivity contribution is 7.09. The van der Waals surface area contributed by atoms with E-state index in [0.29, 0.717) is 12.2 Å². The molecule has 2 heterocycles. The summed E-state index contributed by atoms with van der Waals surface area (Å²) in [6, 6.07) is 10.2. The van der Waals surface area contributed by atoms with Crippen LogP contribution in [-0.2, 0) is 6.42 Å². The molecule has 4 rings (SSSR count). The minimum absolute atomic E-state index is 0.0220. The first kappa shape index (κ1) is 16.7.